The highest BCUT2D eigenvalue weighted by atomic mass is 16.5. The van der Waals surface area contributed by atoms with Gasteiger partial charge in [0.25, 0.3) is 0 Å². The van der Waals surface area contributed by atoms with Crippen LogP contribution in [-0.2, 0) is 19.1 Å². The van der Waals surface area contributed by atoms with E-state index in [2.05, 4.69) is 21.6 Å². The second kappa shape index (κ2) is 6.30. The minimum Gasteiger partial charge on any atom is -0.468 e. The van der Waals surface area contributed by atoms with Gasteiger partial charge in [0, 0.05) is 0 Å². The van der Waals surface area contributed by atoms with Crippen LogP contribution < -0.4 is 0 Å². The van der Waals surface area contributed by atoms with Crippen LogP contribution in [0.1, 0.15) is 25.7 Å². The summed E-state index contributed by atoms with van der Waals surface area (Å²) in [5, 5.41) is 0. The van der Waals surface area contributed by atoms with Gasteiger partial charge < -0.3 is 9.47 Å². The van der Waals surface area contributed by atoms with Crippen molar-refractivity contribution in [2.75, 3.05) is 14.2 Å². The summed E-state index contributed by atoms with van der Waals surface area (Å²) in [4.78, 5) is 22.8. The Labute approximate surface area is 95.6 Å². The van der Waals surface area contributed by atoms with Gasteiger partial charge in [0.05, 0.1) is 14.2 Å². The van der Waals surface area contributed by atoms with Crippen LogP contribution in [0.5, 0.6) is 0 Å². The molecule has 0 aromatic carbocycles. The van der Waals surface area contributed by atoms with E-state index < -0.39 is 17.9 Å². The zero-order valence-corrected chi connectivity index (χ0v) is 9.77. The summed E-state index contributed by atoms with van der Waals surface area (Å²) in [5.74, 6) is -1.30. The van der Waals surface area contributed by atoms with Gasteiger partial charge >= 0.3 is 11.9 Å². The van der Waals surface area contributed by atoms with E-state index >= 15 is 0 Å². The molecule has 0 radical (unpaired) electrons. The maximum absolute atomic E-state index is 11.4. The zero-order chi connectivity index (χ0) is 12.0. The van der Waals surface area contributed by atoms with Crippen LogP contribution in [0.3, 0.4) is 0 Å². The molecule has 0 aliphatic heterocycles. The van der Waals surface area contributed by atoms with Crippen molar-refractivity contribution in [1.29, 1.82) is 0 Å². The maximum atomic E-state index is 11.4. The van der Waals surface area contributed by atoms with Gasteiger partial charge in [-0.1, -0.05) is 12.2 Å². The Bertz CT molecular complexity index is 267. The van der Waals surface area contributed by atoms with Gasteiger partial charge in [-0.2, -0.15) is 0 Å². The molecule has 0 unspecified atom stereocenters. The van der Waals surface area contributed by atoms with Crippen molar-refractivity contribution in [1.82, 2.24) is 0 Å². The highest BCUT2D eigenvalue weighted by Gasteiger charge is 2.29. The highest BCUT2D eigenvalue weighted by Crippen LogP contribution is 2.24. The number of hydrogen-bond donors (Lipinski definition) is 0. The molecule has 0 bridgehead atoms. The lowest BCUT2D eigenvalue weighted by molar-refractivity contribution is -0.159. The molecule has 0 heterocycles. The molecule has 90 valence electrons. The number of allylic oxidation sites excluding steroid dienone is 2. The quantitative estimate of drug-likeness (QED) is 0.406. The number of ether oxygens (including phenoxy) is 2. The van der Waals surface area contributed by atoms with Gasteiger partial charge in [0.15, 0.2) is 5.92 Å². The molecule has 16 heavy (non-hydrogen) atoms. The van der Waals surface area contributed by atoms with Gasteiger partial charge in [-0.25, -0.2) is 0 Å². The smallest absolute Gasteiger partial charge is 0.320 e. The van der Waals surface area contributed by atoms with Crippen molar-refractivity contribution in [3.63, 3.8) is 0 Å². The predicted octanol–water partition coefficient (Wildman–Crippen LogP) is 1.70. The van der Waals surface area contributed by atoms with E-state index in [4.69, 9.17) is 0 Å². The Kier molecular flexibility index (Phi) is 5.02. The molecule has 1 aliphatic carbocycles. The number of rotatable bonds is 5. The molecule has 1 atom stereocenters. The lowest BCUT2D eigenvalue weighted by Gasteiger charge is -2.14. The van der Waals surface area contributed by atoms with E-state index in [1.165, 1.54) is 14.2 Å². The zero-order valence-electron chi connectivity index (χ0n) is 9.77. The number of hydrogen-bond acceptors (Lipinski definition) is 4. The Hall–Kier alpha value is -1.32. The normalized spacial score (nSPS) is 18.8. The first kappa shape index (κ1) is 12.7. The summed E-state index contributed by atoms with van der Waals surface area (Å²) >= 11 is 0. The summed E-state index contributed by atoms with van der Waals surface area (Å²) in [5.41, 5.74) is 0. The van der Waals surface area contributed by atoms with Crippen molar-refractivity contribution in [3.05, 3.63) is 12.2 Å². The first-order valence-electron chi connectivity index (χ1n) is 5.51. The lowest BCUT2D eigenvalue weighted by Crippen LogP contribution is -2.26. The number of methoxy groups -OCH3 is 2. The van der Waals surface area contributed by atoms with Crippen molar-refractivity contribution in [3.8, 4) is 0 Å². The standard InChI is InChI=1S/C12H18O4/c1-15-11(13)10(12(14)16-2)8-7-9-5-3-4-6-9/h3,5,9-10H,4,6-8H2,1-2H3/t9-/m0/s1. The molecule has 0 amide bonds. The lowest BCUT2D eigenvalue weighted by atomic mass is 9.95. The highest BCUT2D eigenvalue weighted by molar-refractivity contribution is 5.94. The van der Waals surface area contributed by atoms with Crippen LogP contribution in [0.4, 0.5) is 0 Å². The second-order valence-electron chi connectivity index (χ2n) is 3.94. The molecule has 0 aromatic rings. The van der Waals surface area contributed by atoms with E-state index in [1.807, 2.05) is 0 Å². The Balaban J connectivity index is 2.46. The summed E-state index contributed by atoms with van der Waals surface area (Å²) in [6.45, 7) is 0. The van der Waals surface area contributed by atoms with Gasteiger partial charge in [-0.3, -0.25) is 9.59 Å². The number of esters is 2. The van der Waals surface area contributed by atoms with Crippen LogP contribution in [0.25, 0.3) is 0 Å². The molecule has 4 heteroatoms. The molecule has 0 saturated carbocycles. The van der Waals surface area contributed by atoms with Gasteiger partial charge in [-0.05, 0) is 31.6 Å². The molecule has 0 N–H and O–H groups in total. The second-order valence-corrected chi connectivity index (χ2v) is 3.94. The van der Waals surface area contributed by atoms with Crippen molar-refractivity contribution < 1.29 is 19.1 Å². The van der Waals surface area contributed by atoms with Crippen molar-refractivity contribution >= 4 is 11.9 Å². The molecule has 4 nitrogen and oxygen atoms in total. The van der Waals surface area contributed by atoms with Crippen LogP contribution in [0.15, 0.2) is 12.2 Å². The fraction of sp³-hybridized carbons (Fsp3) is 0.667. The molecular formula is C12H18O4. The average molecular weight is 226 g/mol. The van der Waals surface area contributed by atoms with E-state index in [1.54, 1.807) is 0 Å². The third kappa shape index (κ3) is 3.36. The number of carbonyl (C=O) groups is 2. The monoisotopic (exact) mass is 226 g/mol. The fourth-order valence-corrected chi connectivity index (χ4v) is 1.93. The first-order valence-corrected chi connectivity index (χ1v) is 5.51. The van der Waals surface area contributed by atoms with Crippen LogP contribution in [0.2, 0.25) is 0 Å². The van der Waals surface area contributed by atoms with Crippen LogP contribution >= 0.6 is 0 Å². The largest absolute Gasteiger partial charge is 0.468 e. The summed E-state index contributed by atoms with van der Waals surface area (Å²) in [6, 6.07) is 0. The first-order chi connectivity index (χ1) is 7.69. The van der Waals surface area contributed by atoms with Crippen molar-refractivity contribution in [2.24, 2.45) is 11.8 Å². The topological polar surface area (TPSA) is 52.6 Å². The Morgan fingerprint density at radius 3 is 2.38 bits per heavy atom. The van der Waals surface area contributed by atoms with Crippen LogP contribution in [-0.4, -0.2) is 26.2 Å². The Morgan fingerprint density at radius 2 is 1.94 bits per heavy atom. The number of carbonyl (C=O) groups excluding carboxylic acids is 2. The SMILES string of the molecule is COC(=O)C(CC[C@H]1C=CCC1)C(=O)OC. The fourth-order valence-electron chi connectivity index (χ4n) is 1.93. The average Bonchev–Trinajstić information content (AvgIpc) is 2.81. The summed E-state index contributed by atoms with van der Waals surface area (Å²) in [6.07, 6.45) is 7.79. The molecule has 0 fully saturated rings. The van der Waals surface area contributed by atoms with E-state index in [0.29, 0.717) is 12.3 Å². The van der Waals surface area contributed by atoms with Gasteiger partial charge in [0.1, 0.15) is 0 Å². The third-order valence-electron chi connectivity index (χ3n) is 2.91. The van der Waals surface area contributed by atoms with E-state index in [0.717, 1.165) is 19.3 Å². The molecule has 1 aliphatic rings. The molecule has 1 rings (SSSR count). The van der Waals surface area contributed by atoms with E-state index in [9.17, 15) is 9.59 Å². The Morgan fingerprint density at radius 1 is 1.31 bits per heavy atom. The maximum Gasteiger partial charge on any atom is 0.320 e. The van der Waals surface area contributed by atoms with Gasteiger partial charge in [-0.15, -0.1) is 0 Å². The predicted molar refractivity (Wildman–Crippen MR) is 58.6 cm³/mol. The minimum atomic E-state index is -0.774. The third-order valence-corrected chi connectivity index (χ3v) is 2.91. The van der Waals surface area contributed by atoms with Gasteiger partial charge in [0.2, 0.25) is 0 Å². The van der Waals surface area contributed by atoms with E-state index in [-0.39, 0.29) is 0 Å². The molecular weight excluding hydrogens is 208 g/mol. The molecule has 0 saturated heterocycles. The molecule has 0 spiro atoms. The summed E-state index contributed by atoms with van der Waals surface area (Å²) in [7, 11) is 2.57. The van der Waals surface area contributed by atoms with Crippen molar-refractivity contribution in [2.45, 2.75) is 25.7 Å². The minimum absolute atomic E-state index is 0.483. The van der Waals surface area contributed by atoms with Crippen LogP contribution in [0, 0.1) is 11.8 Å². The molecule has 0 aromatic heterocycles. The summed E-state index contributed by atoms with van der Waals surface area (Å²) < 4.78 is 9.19.